The van der Waals surface area contributed by atoms with E-state index in [4.69, 9.17) is 0 Å². The molecule has 160 valence electrons. The summed E-state index contributed by atoms with van der Waals surface area (Å²) < 4.78 is 25.6. The Kier molecular flexibility index (Phi) is 6.31. The fraction of sp³-hybridized carbons (Fsp3) is 0.391. The predicted octanol–water partition coefficient (Wildman–Crippen LogP) is 3.79. The first-order chi connectivity index (χ1) is 14.1. The van der Waals surface area contributed by atoms with E-state index in [2.05, 4.69) is 5.32 Å². The molecule has 0 spiro atoms. The molecule has 1 N–H and O–H groups in total. The lowest BCUT2D eigenvalue weighted by Crippen LogP contribution is -2.35. The van der Waals surface area contributed by atoms with Gasteiger partial charge in [0.1, 0.15) is 0 Å². The van der Waals surface area contributed by atoms with Crippen LogP contribution in [0.3, 0.4) is 0 Å². The van der Waals surface area contributed by atoms with Crippen LogP contribution in [0.5, 0.6) is 0 Å². The van der Waals surface area contributed by atoms with Crippen LogP contribution >= 0.6 is 0 Å². The molecule has 1 aliphatic heterocycles. The Morgan fingerprint density at radius 3 is 2.53 bits per heavy atom. The van der Waals surface area contributed by atoms with Gasteiger partial charge in [0, 0.05) is 30.3 Å². The van der Waals surface area contributed by atoms with E-state index in [1.54, 1.807) is 17.0 Å². The van der Waals surface area contributed by atoms with Gasteiger partial charge in [0.05, 0.1) is 10.6 Å². The van der Waals surface area contributed by atoms with Crippen LogP contribution in [0.2, 0.25) is 0 Å². The lowest BCUT2D eigenvalue weighted by atomic mass is 10.1. The van der Waals surface area contributed by atoms with Crippen LogP contribution in [-0.4, -0.2) is 32.0 Å². The lowest BCUT2D eigenvalue weighted by molar-refractivity contribution is -0.118. The van der Waals surface area contributed by atoms with Crippen LogP contribution in [0, 0.1) is 13.8 Å². The Hall–Kier alpha value is -2.67. The summed E-state index contributed by atoms with van der Waals surface area (Å²) in [7, 11) is -3.61. The third kappa shape index (κ3) is 4.56. The Morgan fingerprint density at radius 2 is 1.87 bits per heavy atom. The monoisotopic (exact) mass is 428 g/mol. The van der Waals surface area contributed by atoms with Crippen molar-refractivity contribution in [1.29, 1.82) is 0 Å². The van der Waals surface area contributed by atoms with Gasteiger partial charge in [0.15, 0.2) is 9.84 Å². The van der Waals surface area contributed by atoms with Gasteiger partial charge in [0.25, 0.3) is 0 Å². The van der Waals surface area contributed by atoms with Crippen LogP contribution in [0.25, 0.3) is 0 Å². The van der Waals surface area contributed by atoms with Crippen molar-refractivity contribution in [3.63, 3.8) is 0 Å². The van der Waals surface area contributed by atoms with Crippen molar-refractivity contribution in [2.75, 3.05) is 16.0 Å². The standard InChI is InChI=1S/C23H28N2O4S/c1-5-23(27)25-17(4)13-18-14-19(7-9-21(18)25)30(28,29)11-10-22(26)24-20-8-6-15(2)12-16(20)3/h6-9,12,14,17H,5,10-11,13H2,1-4H3,(H,24,26). The second-order valence-electron chi connectivity index (χ2n) is 7.90. The molecule has 2 aromatic rings. The highest BCUT2D eigenvalue weighted by atomic mass is 32.2. The summed E-state index contributed by atoms with van der Waals surface area (Å²) in [5.74, 6) is -0.574. The lowest BCUT2D eigenvalue weighted by Gasteiger charge is -2.22. The van der Waals surface area contributed by atoms with Gasteiger partial charge >= 0.3 is 0 Å². The third-order valence-corrected chi connectivity index (χ3v) is 7.16. The van der Waals surface area contributed by atoms with Gasteiger partial charge in [-0.05, 0) is 62.6 Å². The first-order valence-electron chi connectivity index (χ1n) is 10.2. The zero-order valence-corrected chi connectivity index (χ0v) is 18.7. The predicted molar refractivity (Wildman–Crippen MR) is 119 cm³/mol. The first kappa shape index (κ1) is 22.0. The highest BCUT2D eigenvalue weighted by Gasteiger charge is 2.31. The maximum absolute atomic E-state index is 12.8. The zero-order chi connectivity index (χ0) is 22.1. The van der Waals surface area contributed by atoms with E-state index < -0.39 is 9.84 Å². The molecule has 0 aliphatic carbocycles. The third-order valence-electron chi connectivity index (χ3n) is 5.45. The molecule has 0 bridgehead atoms. The van der Waals surface area contributed by atoms with E-state index in [1.165, 1.54) is 6.07 Å². The number of aryl methyl sites for hydroxylation is 2. The molecule has 0 saturated heterocycles. The molecule has 0 aromatic heterocycles. The number of nitrogens with zero attached hydrogens (tertiary/aromatic N) is 1. The van der Waals surface area contributed by atoms with Crippen molar-refractivity contribution in [1.82, 2.24) is 0 Å². The van der Waals surface area contributed by atoms with Gasteiger partial charge in [-0.3, -0.25) is 9.59 Å². The van der Waals surface area contributed by atoms with Crippen LogP contribution < -0.4 is 10.2 Å². The van der Waals surface area contributed by atoms with Crippen molar-refractivity contribution in [3.8, 4) is 0 Å². The molecule has 2 amide bonds. The van der Waals surface area contributed by atoms with E-state index in [1.807, 2.05) is 45.9 Å². The van der Waals surface area contributed by atoms with Crippen molar-refractivity contribution in [2.45, 2.75) is 57.9 Å². The molecule has 2 aromatic carbocycles. The highest BCUT2D eigenvalue weighted by Crippen LogP contribution is 2.34. The molecule has 0 fully saturated rings. The molecule has 3 rings (SSSR count). The summed E-state index contributed by atoms with van der Waals surface area (Å²) in [5.41, 5.74) is 4.35. The first-order valence-corrected chi connectivity index (χ1v) is 11.8. The number of benzene rings is 2. The Bertz CT molecular complexity index is 1090. The van der Waals surface area contributed by atoms with Crippen molar-refractivity contribution in [2.24, 2.45) is 0 Å². The van der Waals surface area contributed by atoms with Crippen molar-refractivity contribution >= 4 is 33.0 Å². The molecule has 1 heterocycles. The molecule has 1 unspecified atom stereocenters. The quantitative estimate of drug-likeness (QED) is 0.759. The van der Waals surface area contributed by atoms with Gasteiger partial charge in [-0.2, -0.15) is 0 Å². The average molecular weight is 429 g/mol. The highest BCUT2D eigenvalue weighted by molar-refractivity contribution is 7.91. The fourth-order valence-corrected chi connectivity index (χ4v) is 5.15. The second kappa shape index (κ2) is 8.60. The fourth-order valence-electron chi connectivity index (χ4n) is 3.86. The van der Waals surface area contributed by atoms with Crippen molar-refractivity contribution in [3.05, 3.63) is 53.1 Å². The molecular weight excluding hydrogens is 400 g/mol. The maximum atomic E-state index is 12.8. The summed E-state index contributed by atoms with van der Waals surface area (Å²) >= 11 is 0. The number of sulfone groups is 1. The Balaban J connectivity index is 1.70. The number of nitrogens with one attached hydrogen (secondary N) is 1. The van der Waals surface area contributed by atoms with Crippen LogP contribution in [0.4, 0.5) is 11.4 Å². The number of anilines is 2. The molecule has 0 saturated carbocycles. The minimum Gasteiger partial charge on any atom is -0.326 e. The number of amides is 2. The molecule has 0 radical (unpaired) electrons. The van der Waals surface area contributed by atoms with E-state index in [0.29, 0.717) is 18.5 Å². The van der Waals surface area contributed by atoms with E-state index in [-0.39, 0.29) is 34.9 Å². The smallest absolute Gasteiger partial charge is 0.226 e. The molecule has 1 aliphatic rings. The largest absolute Gasteiger partial charge is 0.326 e. The van der Waals surface area contributed by atoms with Crippen molar-refractivity contribution < 1.29 is 18.0 Å². The summed E-state index contributed by atoms with van der Waals surface area (Å²) in [6.45, 7) is 7.64. The number of hydrogen-bond acceptors (Lipinski definition) is 4. The zero-order valence-electron chi connectivity index (χ0n) is 17.9. The van der Waals surface area contributed by atoms with Gasteiger partial charge in [-0.25, -0.2) is 8.42 Å². The minimum absolute atomic E-state index is 0.00827. The number of carbonyl (C=O) groups excluding carboxylic acids is 2. The van der Waals surface area contributed by atoms with Gasteiger partial charge in [-0.1, -0.05) is 24.6 Å². The summed E-state index contributed by atoms with van der Waals surface area (Å²) in [6, 6.07) is 10.6. The number of rotatable bonds is 6. The SMILES string of the molecule is CCC(=O)N1c2ccc(S(=O)(=O)CCC(=O)Nc3ccc(C)cc3C)cc2CC1C. The van der Waals surface area contributed by atoms with Gasteiger partial charge in [0.2, 0.25) is 11.8 Å². The normalized spacial score (nSPS) is 15.7. The van der Waals surface area contributed by atoms with E-state index in [9.17, 15) is 18.0 Å². The Labute approximate surface area is 178 Å². The molecule has 30 heavy (non-hydrogen) atoms. The van der Waals surface area contributed by atoms with Gasteiger partial charge in [-0.15, -0.1) is 0 Å². The minimum atomic E-state index is -3.61. The Morgan fingerprint density at radius 1 is 1.13 bits per heavy atom. The summed E-state index contributed by atoms with van der Waals surface area (Å²) in [5, 5.41) is 2.79. The number of hydrogen-bond donors (Lipinski definition) is 1. The topological polar surface area (TPSA) is 83.6 Å². The summed E-state index contributed by atoms with van der Waals surface area (Å²) in [6.07, 6.45) is 0.903. The molecule has 6 nitrogen and oxygen atoms in total. The van der Waals surface area contributed by atoms with Crippen LogP contribution in [0.1, 0.15) is 43.4 Å². The number of carbonyl (C=O) groups is 2. The number of fused-ring (bicyclic) bond motifs is 1. The van der Waals surface area contributed by atoms with E-state index >= 15 is 0 Å². The maximum Gasteiger partial charge on any atom is 0.226 e. The average Bonchev–Trinajstić information content (AvgIpc) is 3.03. The second-order valence-corrected chi connectivity index (χ2v) is 10.0. The van der Waals surface area contributed by atoms with Gasteiger partial charge < -0.3 is 10.2 Å². The molecular formula is C23H28N2O4S. The summed E-state index contributed by atoms with van der Waals surface area (Å²) in [4.78, 5) is 26.4. The molecule has 1 atom stereocenters. The van der Waals surface area contributed by atoms with Crippen LogP contribution in [-0.2, 0) is 25.8 Å². The van der Waals surface area contributed by atoms with Crippen LogP contribution in [0.15, 0.2) is 41.3 Å². The van der Waals surface area contributed by atoms with E-state index in [0.717, 1.165) is 22.4 Å². The molecule has 7 heteroatoms.